The zero-order chi connectivity index (χ0) is 12.0. The summed E-state index contributed by atoms with van der Waals surface area (Å²) in [4.78, 5) is 7.68. The summed E-state index contributed by atoms with van der Waals surface area (Å²) in [5.74, 6) is -1.40. The number of aryl methyl sites for hydroxylation is 1. The zero-order valence-corrected chi connectivity index (χ0v) is 9.48. The normalized spacial score (nSPS) is 11.2. The van der Waals surface area contributed by atoms with Crippen LogP contribution in [0.25, 0.3) is 21.7 Å². The second-order valence-corrected chi connectivity index (χ2v) is 4.28. The zero-order valence-electron chi connectivity index (χ0n) is 8.66. The molecule has 0 amide bonds. The Morgan fingerprint density at radius 1 is 1.29 bits per heavy atom. The molecule has 0 aliphatic rings. The molecule has 0 saturated carbocycles. The fourth-order valence-electron chi connectivity index (χ4n) is 1.57. The third kappa shape index (κ3) is 1.50. The van der Waals surface area contributed by atoms with Crippen LogP contribution in [0, 0.1) is 18.6 Å². The van der Waals surface area contributed by atoms with Gasteiger partial charge in [0.05, 0.1) is 11.2 Å². The van der Waals surface area contributed by atoms with Crippen molar-refractivity contribution in [2.24, 2.45) is 0 Å². The van der Waals surface area contributed by atoms with Crippen LogP contribution >= 0.6 is 11.5 Å². The van der Waals surface area contributed by atoms with Crippen molar-refractivity contribution < 1.29 is 8.78 Å². The molecule has 4 nitrogen and oxygen atoms in total. The van der Waals surface area contributed by atoms with Crippen LogP contribution in [0.4, 0.5) is 8.78 Å². The van der Waals surface area contributed by atoms with E-state index in [0.29, 0.717) is 17.0 Å². The standard InChI is InChI=1S/C10H6F2N4S/c1-4-9(17-16-15-4)10-13-6-3-2-5(11)7(12)8(6)14-10/h2-3H,1H3,(H,13,14). The number of aromatic nitrogens is 4. The molecule has 3 rings (SSSR count). The molecule has 17 heavy (non-hydrogen) atoms. The van der Waals surface area contributed by atoms with E-state index in [9.17, 15) is 8.78 Å². The molecule has 1 aromatic carbocycles. The van der Waals surface area contributed by atoms with Gasteiger partial charge in [0, 0.05) is 0 Å². The Morgan fingerprint density at radius 2 is 2.12 bits per heavy atom. The van der Waals surface area contributed by atoms with Gasteiger partial charge in [-0.05, 0) is 30.6 Å². The molecular weight excluding hydrogens is 246 g/mol. The summed E-state index contributed by atoms with van der Waals surface area (Å²) in [6.07, 6.45) is 0. The van der Waals surface area contributed by atoms with Crippen molar-refractivity contribution in [3.63, 3.8) is 0 Å². The smallest absolute Gasteiger partial charge is 0.186 e. The number of imidazole rings is 1. The second kappa shape index (κ2) is 3.56. The van der Waals surface area contributed by atoms with E-state index in [2.05, 4.69) is 19.6 Å². The number of hydrogen-bond acceptors (Lipinski definition) is 4. The van der Waals surface area contributed by atoms with E-state index in [-0.39, 0.29) is 5.52 Å². The van der Waals surface area contributed by atoms with Gasteiger partial charge in [0.25, 0.3) is 0 Å². The number of H-pyrrole nitrogens is 1. The molecule has 0 bridgehead atoms. The van der Waals surface area contributed by atoms with Crippen molar-refractivity contribution in [3.05, 3.63) is 29.5 Å². The highest BCUT2D eigenvalue weighted by Crippen LogP contribution is 2.26. The molecule has 0 fully saturated rings. The fraction of sp³-hybridized carbons (Fsp3) is 0.100. The first-order valence-corrected chi connectivity index (χ1v) is 5.57. The third-order valence-electron chi connectivity index (χ3n) is 2.41. The van der Waals surface area contributed by atoms with Crippen LogP contribution < -0.4 is 0 Å². The number of rotatable bonds is 1. The Labute approximate surface area is 98.5 Å². The van der Waals surface area contributed by atoms with Gasteiger partial charge < -0.3 is 4.98 Å². The molecule has 0 spiro atoms. The summed E-state index contributed by atoms with van der Waals surface area (Å²) >= 11 is 1.16. The fourth-order valence-corrected chi connectivity index (χ4v) is 2.17. The van der Waals surface area contributed by atoms with Crippen molar-refractivity contribution in [3.8, 4) is 10.7 Å². The molecule has 3 aromatic rings. The van der Waals surface area contributed by atoms with Crippen molar-refractivity contribution in [1.29, 1.82) is 0 Å². The van der Waals surface area contributed by atoms with Crippen molar-refractivity contribution in [2.45, 2.75) is 6.92 Å². The van der Waals surface area contributed by atoms with E-state index in [1.54, 1.807) is 6.92 Å². The quantitative estimate of drug-likeness (QED) is 0.724. The lowest BCUT2D eigenvalue weighted by atomic mass is 10.3. The lowest BCUT2D eigenvalue weighted by Gasteiger charge is -1.91. The molecule has 2 aromatic heterocycles. The molecule has 0 aliphatic heterocycles. The lowest BCUT2D eigenvalue weighted by molar-refractivity contribution is 0.515. The minimum absolute atomic E-state index is 0.00667. The highest BCUT2D eigenvalue weighted by atomic mass is 32.1. The summed E-state index contributed by atoms with van der Waals surface area (Å²) < 4.78 is 30.3. The average molecular weight is 252 g/mol. The van der Waals surface area contributed by atoms with E-state index in [1.165, 1.54) is 6.07 Å². The average Bonchev–Trinajstić information content (AvgIpc) is 2.89. The predicted molar refractivity (Wildman–Crippen MR) is 59.6 cm³/mol. The highest BCUT2D eigenvalue weighted by molar-refractivity contribution is 7.09. The number of benzene rings is 1. The van der Waals surface area contributed by atoms with Crippen LogP contribution in [0.15, 0.2) is 12.1 Å². The van der Waals surface area contributed by atoms with Crippen molar-refractivity contribution >= 4 is 22.6 Å². The predicted octanol–water partition coefficient (Wildman–Crippen LogP) is 2.67. The van der Waals surface area contributed by atoms with Gasteiger partial charge in [0.15, 0.2) is 17.5 Å². The van der Waals surface area contributed by atoms with Crippen LogP contribution in [0.1, 0.15) is 5.69 Å². The topological polar surface area (TPSA) is 54.5 Å². The maximum Gasteiger partial charge on any atom is 0.186 e. The lowest BCUT2D eigenvalue weighted by Crippen LogP contribution is -1.84. The molecule has 7 heteroatoms. The number of nitrogens with zero attached hydrogens (tertiary/aromatic N) is 3. The first-order valence-electron chi connectivity index (χ1n) is 4.80. The van der Waals surface area contributed by atoms with Gasteiger partial charge in [-0.25, -0.2) is 13.8 Å². The van der Waals surface area contributed by atoms with E-state index >= 15 is 0 Å². The van der Waals surface area contributed by atoms with Crippen LogP contribution in [-0.4, -0.2) is 19.6 Å². The molecule has 0 aliphatic carbocycles. The van der Waals surface area contributed by atoms with Crippen LogP contribution in [0.3, 0.4) is 0 Å². The van der Waals surface area contributed by atoms with Gasteiger partial charge in [-0.15, -0.1) is 5.10 Å². The Bertz CT molecular complexity index is 703. The first kappa shape index (κ1) is 10.3. The summed E-state index contributed by atoms with van der Waals surface area (Å²) in [6.45, 7) is 1.78. The van der Waals surface area contributed by atoms with Gasteiger partial charge in [-0.1, -0.05) is 4.49 Å². The maximum atomic E-state index is 13.5. The van der Waals surface area contributed by atoms with E-state index in [0.717, 1.165) is 22.5 Å². The number of nitrogens with one attached hydrogen (secondary N) is 1. The molecule has 2 heterocycles. The van der Waals surface area contributed by atoms with Crippen LogP contribution in [0.5, 0.6) is 0 Å². The number of hydrogen-bond donors (Lipinski definition) is 1. The Morgan fingerprint density at radius 3 is 2.82 bits per heavy atom. The number of aromatic amines is 1. The maximum absolute atomic E-state index is 13.5. The largest absolute Gasteiger partial charge is 0.337 e. The van der Waals surface area contributed by atoms with Gasteiger partial charge in [-0.3, -0.25) is 0 Å². The monoisotopic (exact) mass is 252 g/mol. The SMILES string of the molecule is Cc1nnsc1-c1nc2c(F)c(F)ccc2[nH]1. The molecule has 0 unspecified atom stereocenters. The minimum atomic E-state index is -0.944. The van der Waals surface area contributed by atoms with Crippen molar-refractivity contribution in [2.75, 3.05) is 0 Å². The molecule has 86 valence electrons. The molecular formula is C10H6F2N4S. The number of halogens is 2. The van der Waals surface area contributed by atoms with E-state index in [1.807, 2.05) is 0 Å². The summed E-state index contributed by atoms with van der Waals surface area (Å²) in [7, 11) is 0. The molecule has 0 saturated heterocycles. The highest BCUT2D eigenvalue weighted by Gasteiger charge is 2.15. The van der Waals surface area contributed by atoms with Gasteiger partial charge in [0.2, 0.25) is 0 Å². The summed E-state index contributed by atoms with van der Waals surface area (Å²) in [5, 5.41) is 3.84. The molecule has 1 N–H and O–H groups in total. The van der Waals surface area contributed by atoms with Gasteiger partial charge >= 0.3 is 0 Å². The number of fused-ring (bicyclic) bond motifs is 1. The second-order valence-electron chi connectivity index (χ2n) is 3.53. The van der Waals surface area contributed by atoms with Crippen LogP contribution in [-0.2, 0) is 0 Å². The Balaban J connectivity index is 2.27. The van der Waals surface area contributed by atoms with Crippen LogP contribution in [0.2, 0.25) is 0 Å². The molecule has 0 radical (unpaired) electrons. The molecule has 0 atom stereocenters. The minimum Gasteiger partial charge on any atom is -0.337 e. The Kier molecular flexibility index (Phi) is 2.15. The van der Waals surface area contributed by atoms with Crippen molar-refractivity contribution in [1.82, 2.24) is 19.6 Å². The van der Waals surface area contributed by atoms with Gasteiger partial charge in [0.1, 0.15) is 10.4 Å². The van der Waals surface area contributed by atoms with E-state index < -0.39 is 11.6 Å². The summed E-state index contributed by atoms with van der Waals surface area (Å²) in [6, 6.07) is 2.52. The van der Waals surface area contributed by atoms with Gasteiger partial charge in [-0.2, -0.15) is 0 Å². The van der Waals surface area contributed by atoms with E-state index in [4.69, 9.17) is 0 Å². The Hall–Kier alpha value is -1.89. The third-order valence-corrected chi connectivity index (χ3v) is 3.25. The first-order chi connectivity index (χ1) is 8.16. The summed E-state index contributed by atoms with van der Waals surface area (Å²) in [5.41, 5.74) is 1.15.